The summed E-state index contributed by atoms with van der Waals surface area (Å²) >= 11 is 0. The molecule has 2 heteroatoms. The minimum Gasteiger partial charge on any atom is -0.0990 e. The highest BCUT2D eigenvalue weighted by molar-refractivity contribution is 6.39. The molecule has 0 heterocycles. The van der Waals surface area contributed by atoms with Crippen molar-refractivity contribution in [1.82, 2.24) is 0 Å². The van der Waals surface area contributed by atoms with Crippen molar-refractivity contribution in [2.75, 3.05) is 0 Å². The predicted molar refractivity (Wildman–Crippen MR) is 57.7 cm³/mol. The summed E-state index contributed by atoms with van der Waals surface area (Å²) in [6, 6.07) is 0. The molecule has 0 saturated carbocycles. The fourth-order valence-corrected chi connectivity index (χ4v) is 1.69. The molecule has 0 aromatic rings. The van der Waals surface area contributed by atoms with E-state index in [9.17, 15) is 0 Å². The molecule has 66 valence electrons. The minimum atomic E-state index is -0.518. The molecular weight excluding hydrogens is 142 g/mol. The lowest BCUT2D eigenvalue weighted by Crippen LogP contribution is -2.25. The van der Waals surface area contributed by atoms with Gasteiger partial charge in [-0.2, -0.15) is 0 Å². The van der Waals surface area contributed by atoms with Crippen molar-refractivity contribution in [3.63, 3.8) is 0 Å². The van der Waals surface area contributed by atoms with Crippen LogP contribution in [0.15, 0.2) is 0 Å². The lowest BCUT2D eigenvalue weighted by atomic mass is 9.47. The molecule has 0 aromatic heterocycles. The summed E-state index contributed by atoms with van der Waals surface area (Å²) in [5.74, 6) is 1.08. The van der Waals surface area contributed by atoms with Gasteiger partial charge in [0.2, 0.25) is 0 Å². The first-order chi connectivity index (χ1) is 5.43. The van der Waals surface area contributed by atoms with Crippen LogP contribution in [0.25, 0.3) is 0 Å². The van der Waals surface area contributed by atoms with Crippen LogP contribution < -0.4 is 0 Å². The zero-order chi connectivity index (χ0) is 9.78. The van der Waals surface area contributed by atoms with Gasteiger partial charge in [-0.15, -0.1) is 0 Å². The van der Waals surface area contributed by atoms with E-state index in [2.05, 4.69) is 20.8 Å². The van der Waals surface area contributed by atoms with Crippen molar-refractivity contribution >= 4 is 15.7 Å². The topological polar surface area (TPSA) is 0 Å². The summed E-state index contributed by atoms with van der Waals surface area (Å²) in [6.07, 6.45) is 3.64. The van der Waals surface area contributed by atoms with Gasteiger partial charge in [-0.3, -0.25) is 0 Å². The summed E-state index contributed by atoms with van der Waals surface area (Å²) < 4.78 is 0. The van der Waals surface area contributed by atoms with Gasteiger partial charge in [0.05, 0.1) is 15.7 Å². The quantitative estimate of drug-likeness (QED) is 0.545. The highest BCUT2D eigenvalue weighted by Crippen LogP contribution is 2.36. The molecule has 0 nitrogen and oxygen atoms in total. The number of hydrogen-bond donors (Lipinski definition) is 0. The summed E-state index contributed by atoms with van der Waals surface area (Å²) in [6.45, 7) is 8.49. The fraction of sp³-hybridized carbons (Fsp3) is 1.00. The number of rotatable bonds is 5. The molecule has 0 aliphatic carbocycles. The van der Waals surface area contributed by atoms with Gasteiger partial charge in [0.25, 0.3) is 0 Å². The van der Waals surface area contributed by atoms with Crippen molar-refractivity contribution in [3.8, 4) is 0 Å². The van der Waals surface area contributed by atoms with E-state index < -0.39 is 5.21 Å². The number of hydrogen-bond acceptors (Lipinski definition) is 0. The Hall–Kier alpha value is 0.130. The van der Waals surface area contributed by atoms with Crippen molar-refractivity contribution in [2.24, 2.45) is 11.8 Å². The first-order valence-corrected chi connectivity index (χ1v) is 5.01. The van der Waals surface area contributed by atoms with Gasteiger partial charge in [-0.1, -0.05) is 58.1 Å². The molecule has 0 bridgehead atoms. The van der Waals surface area contributed by atoms with E-state index in [-0.39, 0.29) is 0 Å². The molecule has 0 rings (SSSR count). The van der Waals surface area contributed by atoms with E-state index in [0.717, 1.165) is 0 Å². The molecule has 0 aromatic carbocycles. The Morgan fingerprint density at radius 1 is 1.25 bits per heavy atom. The van der Waals surface area contributed by atoms with E-state index in [4.69, 9.17) is 15.7 Å². The van der Waals surface area contributed by atoms with Gasteiger partial charge in [-0.05, 0) is 5.92 Å². The van der Waals surface area contributed by atoms with Crippen LogP contribution in [0.1, 0.15) is 47.0 Å². The second kappa shape index (κ2) is 4.99. The second-order valence-electron chi connectivity index (χ2n) is 4.11. The zero-order valence-electron chi connectivity index (χ0n) is 8.93. The van der Waals surface area contributed by atoms with Crippen LogP contribution in [0.3, 0.4) is 0 Å². The summed E-state index contributed by atoms with van der Waals surface area (Å²) in [5.41, 5.74) is 0. The Morgan fingerprint density at radius 2 is 1.75 bits per heavy atom. The average Bonchev–Trinajstić information content (AvgIpc) is 1.97. The first-order valence-electron chi connectivity index (χ1n) is 5.01. The maximum Gasteiger partial charge on any atom is 0.0620 e. The predicted octanol–water partition coefficient (Wildman–Crippen LogP) is 2.92. The molecule has 0 aliphatic rings. The monoisotopic (exact) mass is 162 g/mol. The largest absolute Gasteiger partial charge is 0.0990 e. The molecule has 4 radical (unpaired) electrons. The third-order valence-corrected chi connectivity index (χ3v) is 2.87. The Bertz CT molecular complexity index is 115. The van der Waals surface area contributed by atoms with Crippen molar-refractivity contribution in [3.05, 3.63) is 0 Å². The van der Waals surface area contributed by atoms with Gasteiger partial charge in [0.1, 0.15) is 0 Å². The first kappa shape index (κ1) is 12.1. The van der Waals surface area contributed by atoms with Crippen molar-refractivity contribution < 1.29 is 0 Å². The van der Waals surface area contributed by atoms with E-state index >= 15 is 0 Å². The van der Waals surface area contributed by atoms with E-state index in [1.807, 2.05) is 6.92 Å². The average molecular weight is 162 g/mol. The van der Waals surface area contributed by atoms with Gasteiger partial charge < -0.3 is 0 Å². The summed E-state index contributed by atoms with van der Waals surface area (Å²) in [5, 5.41) is -0.518. The molecule has 0 fully saturated rings. The lowest BCUT2D eigenvalue weighted by molar-refractivity contribution is 0.298. The fourth-order valence-electron chi connectivity index (χ4n) is 1.69. The van der Waals surface area contributed by atoms with Crippen molar-refractivity contribution in [1.29, 1.82) is 0 Å². The molecular formula is C10H20B2. The molecule has 0 N–H and O–H groups in total. The van der Waals surface area contributed by atoms with Gasteiger partial charge >= 0.3 is 0 Å². The maximum atomic E-state index is 5.86. The molecule has 12 heavy (non-hydrogen) atoms. The van der Waals surface area contributed by atoms with E-state index in [0.29, 0.717) is 11.8 Å². The molecule has 0 amide bonds. The standard InChI is InChI=1S/C10H20B2/c1-5-7-9(6-2)8(3)10(4,11)12/h8-9H,5-7H2,1-4H3. The highest BCUT2D eigenvalue weighted by Gasteiger charge is 2.25. The minimum absolute atomic E-state index is 0.405. The SMILES string of the molecule is [B]C([B])(C)C(C)C(CC)CCC. The van der Waals surface area contributed by atoms with Gasteiger partial charge in [0, 0.05) is 0 Å². The molecule has 0 saturated heterocycles. The Labute approximate surface area is 80.3 Å². The summed E-state index contributed by atoms with van der Waals surface area (Å²) in [7, 11) is 11.7. The van der Waals surface area contributed by atoms with Crippen LogP contribution in [0.4, 0.5) is 0 Å². The Balaban J connectivity index is 4.11. The smallest absolute Gasteiger partial charge is 0.0620 e. The lowest BCUT2D eigenvalue weighted by Gasteiger charge is -2.35. The van der Waals surface area contributed by atoms with Crippen LogP contribution in [0.2, 0.25) is 5.21 Å². The van der Waals surface area contributed by atoms with E-state index in [1.54, 1.807) is 0 Å². The third-order valence-electron chi connectivity index (χ3n) is 2.87. The maximum absolute atomic E-state index is 5.86. The summed E-state index contributed by atoms with van der Waals surface area (Å²) in [4.78, 5) is 0. The molecule has 2 unspecified atom stereocenters. The van der Waals surface area contributed by atoms with Gasteiger partial charge in [-0.25, -0.2) is 0 Å². The Morgan fingerprint density at radius 3 is 2.00 bits per heavy atom. The van der Waals surface area contributed by atoms with Crippen LogP contribution in [0, 0.1) is 11.8 Å². The molecule has 0 spiro atoms. The normalized spacial score (nSPS) is 17.3. The van der Waals surface area contributed by atoms with Crippen LogP contribution in [0.5, 0.6) is 0 Å². The van der Waals surface area contributed by atoms with Crippen LogP contribution >= 0.6 is 0 Å². The third kappa shape index (κ3) is 3.69. The Kier molecular flexibility index (Phi) is 5.04. The highest BCUT2D eigenvalue weighted by atomic mass is 14.2. The van der Waals surface area contributed by atoms with Crippen LogP contribution in [-0.4, -0.2) is 15.7 Å². The second-order valence-corrected chi connectivity index (χ2v) is 4.11. The van der Waals surface area contributed by atoms with E-state index in [1.165, 1.54) is 19.3 Å². The molecule has 0 aliphatic heterocycles. The van der Waals surface area contributed by atoms with Crippen molar-refractivity contribution in [2.45, 2.75) is 52.2 Å². The van der Waals surface area contributed by atoms with Crippen LogP contribution in [-0.2, 0) is 0 Å². The zero-order valence-corrected chi connectivity index (χ0v) is 8.93. The van der Waals surface area contributed by atoms with Gasteiger partial charge in [0.15, 0.2) is 0 Å². The molecule has 2 atom stereocenters.